The molecule has 0 saturated carbocycles. The van der Waals surface area contributed by atoms with Gasteiger partial charge in [-0.05, 0) is 44.1 Å². The monoisotopic (exact) mass is 282 g/mol. The molecule has 0 bridgehead atoms. The Morgan fingerprint density at radius 1 is 1.26 bits per heavy atom. The van der Waals surface area contributed by atoms with Crippen molar-refractivity contribution >= 4 is 11.6 Å². The second kappa shape index (κ2) is 7.85. The molecule has 1 unspecified atom stereocenters. The molecule has 1 aliphatic heterocycles. The van der Waals surface area contributed by atoms with Gasteiger partial charge in [0.05, 0.1) is 13.2 Å². The van der Waals surface area contributed by atoms with Crippen molar-refractivity contribution in [2.75, 3.05) is 39.4 Å². The molecule has 1 atom stereocenters. The van der Waals surface area contributed by atoms with Gasteiger partial charge in [0.15, 0.2) is 0 Å². The zero-order valence-corrected chi connectivity index (χ0v) is 12.3. The largest absolute Gasteiger partial charge is 0.379 e. The minimum atomic E-state index is 0.377. The molecule has 0 spiro atoms. The molecule has 1 saturated heterocycles. The van der Waals surface area contributed by atoms with Crippen molar-refractivity contribution < 1.29 is 4.74 Å². The van der Waals surface area contributed by atoms with E-state index in [0.717, 1.165) is 44.4 Å². The fraction of sp³-hybridized carbons (Fsp3) is 0.600. The normalized spacial score (nSPS) is 18.4. The molecule has 0 radical (unpaired) electrons. The lowest BCUT2D eigenvalue weighted by Crippen LogP contribution is -2.37. The summed E-state index contributed by atoms with van der Waals surface area (Å²) in [7, 11) is 0. The smallest absolute Gasteiger partial charge is 0.0594 e. The van der Waals surface area contributed by atoms with Crippen LogP contribution in [0.25, 0.3) is 0 Å². The van der Waals surface area contributed by atoms with Crippen molar-refractivity contribution in [2.24, 2.45) is 0 Å². The van der Waals surface area contributed by atoms with Crippen LogP contribution in [0.15, 0.2) is 24.3 Å². The summed E-state index contributed by atoms with van der Waals surface area (Å²) in [6.07, 6.45) is 1.18. The molecule has 1 aliphatic rings. The van der Waals surface area contributed by atoms with Crippen LogP contribution in [0.3, 0.4) is 0 Å². The second-order valence-corrected chi connectivity index (χ2v) is 5.47. The van der Waals surface area contributed by atoms with Gasteiger partial charge in [0.2, 0.25) is 0 Å². The van der Waals surface area contributed by atoms with Crippen LogP contribution in [0, 0.1) is 0 Å². The highest BCUT2D eigenvalue weighted by atomic mass is 35.5. The summed E-state index contributed by atoms with van der Waals surface area (Å²) in [6.45, 7) is 8.31. The van der Waals surface area contributed by atoms with Crippen LogP contribution in [0.4, 0.5) is 0 Å². The Hall–Kier alpha value is -0.610. The zero-order chi connectivity index (χ0) is 13.5. The fourth-order valence-electron chi connectivity index (χ4n) is 2.32. The summed E-state index contributed by atoms with van der Waals surface area (Å²) in [4.78, 5) is 2.47. The van der Waals surface area contributed by atoms with E-state index in [0.29, 0.717) is 6.04 Å². The van der Waals surface area contributed by atoms with Crippen LogP contribution in [-0.2, 0) is 4.74 Å². The van der Waals surface area contributed by atoms with E-state index in [1.54, 1.807) is 0 Å². The molecule has 1 N–H and O–H groups in total. The van der Waals surface area contributed by atoms with E-state index in [1.165, 1.54) is 12.0 Å². The van der Waals surface area contributed by atoms with Gasteiger partial charge in [-0.25, -0.2) is 0 Å². The predicted octanol–water partition coefficient (Wildman–Crippen LogP) is 2.71. The van der Waals surface area contributed by atoms with E-state index in [-0.39, 0.29) is 0 Å². The third kappa shape index (κ3) is 5.11. The molecule has 4 heteroatoms. The molecule has 1 aromatic rings. The van der Waals surface area contributed by atoms with Gasteiger partial charge in [-0.15, -0.1) is 0 Å². The van der Waals surface area contributed by atoms with Crippen LogP contribution in [-0.4, -0.2) is 44.3 Å². The van der Waals surface area contributed by atoms with Gasteiger partial charge in [0, 0.05) is 24.2 Å². The van der Waals surface area contributed by atoms with Crippen LogP contribution in [0.1, 0.15) is 24.9 Å². The van der Waals surface area contributed by atoms with Gasteiger partial charge in [-0.2, -0.15) is 0 Å². The number of hydrogen-bond acceptors (Lipinski definition) is 3. The Morgan fingerprint density at radius 3 is 2.63 bits per heavy atom. The number of hydrogen-bond donors (Lipinski definition) is 1. The SMILES string of the molecule is CC(NCCCN1CCOCC1)c1ccc(Cl)cc1. The Kier molecular flexibility index (Phi) is 6.11. The van der Waals surface area contributed by atoms with E-state index >= 15 is 0 Å². The molecule has 0 amide bonds. The number of nitrogens with zero attached hydrogens (tertiary/aromatic N) is 1. The second-order valence-electron chi connectivity index (χ2n) is 5.03. The number of morpholine rings is 1. The molecular formula is C15H23ClN2O. The maximum absolute atomic E-state index is 5.89. The number of nitrogens with one attached hydrogen (secondary N) is 1. The predicted molar refractivity (Wildman–Crippen MR) is 79.7 cm³/mol. The van der Waals surface area contributed by atoms with E-state index in [1.807, 2.05) is 12.1 Å². The standard InChI is InChI=1S/C15H23ClN2O/c1-13(14-3-5-15(16)6-4-14)17-7-2-8-18-9-11-19-12-10-18/h3-6,13,17H,2,7-12H2,1H3. The first-order chi connectivity index (χ1) is 9.25. The first-order valence-electron chi connectivity index (χ1n) is 7.04. The molecular weight excluding hydrogens is 260 g/mol. The van der Waals surface area contributed by atoms with Gasteiger partial charge in [-0.1, -0.05) is 23.7 Å². The Bertz CT molecular complexity index is 363. The number of rotatable bonds is 6. The van der Waals surface area contributed by atoms with Gasteiger partial charge in [0.1, 0.15) is 0 Å². The van der Waals surface area contributed by atoms with E-state index < -0.39 is 0 Å². The summed E-state index contributed by atoms with van der Waals surface area (Å²) >= 11 is 5.89. The molecule has 2 rings (SSSR count). The van der Waals surface area contributed by atoms with Crippen LogP contribution >= 0.6 is 11.6 Å². The Morgan fingerprint density at radius 2 is 1.95 bits per heavy atom. The van der Waals surface area contributed by atoms with E-state index in [2.05, 4.69) is 29.3 Å². The number of ether oxygens (including phenoxy) is 1. The van der Waals surface area contributed by atoms with Crippen molar-refractivity contribution in [3.05, 3.63) is 34.9 Å². The summed E-state index contributed by atoms with van der Waals surface area (Å²) in [6, 6.07) is 8.44. The van der Waals surface area contributed by atoms with Gasteiger partial charge >= 0.3 is 0 Å². The third-order valence-electron chi connectivity index (χ3n) is 3.58. The summed E-state index contributed by atoms with van der Waals surface area (Å²) in [5.74, 6) is 0. The van der Waals surface area contributed by atoms with E-state index in [9.17, 15) is 0 Å². The molecule has 1 fully saturated rings. The molecule has 0 aliphatic carbocycles. The first-order valence-corrected chi connectivity index (χ1v) is 7.42. The summed E-state index contributed by atoms with van der Waals surface area (Å²) in [5.41, 5.74) is 1.29. The number of benzene rings is 1. The molecule has 1 aromatic carbocycles. The lowest BCUT2D eigenvalue weighted by Gasteiger charge is -2.26. The van der Waals surface area contributed by atoms with Gasteiger partial charge < -0.3 is 10.1 Å². The zero-order valence-electron chi connectivity index (χ0n) is 11.6. The number of halogens is 1. The summed E-state index contributed by atoms with van der Waals surface area (Å²) < 4.78 is 5.34. The lowest BCUT2D eigenvalue weighted by molar-refractivity contribution is 0.0374. The fourth-order valence-corrected chi connectivity index (χ4v) is 2.44. The topological polar surface area (TPSA) is 24.5 Å². The Labute approximate surface area is 120 Å². The van der Waals surface area contributed by atoms with Crippen LogP contribution < -0.4 is 5.32 Å². The highest BCUT2D eigenvalue weighted by Gasteiger charge is 2.09. The minimum Gasteiger partial charge on any atom is -0.379 e. The summed E-state index contributed by atoms with van der Waals surface area (Å²) in [5, 5.41) is 4.35. The molecule has 3 nitrogen and oxygen atoms in total. The van der Waals surface area contributed by atoms with Crippen LogP contribution in [0.2, 0.25) is 5.02 Å². The quantitative estimate of drug-likeness (QED) is 0.812. The minimum absolute atomic E-state index is 0.377. The van der Waals surface area contributed by atoms with Crippen molar-refractivity contribution in [2.45, 2.75) is 19.4 Å². The van der Waals surface area contributed by atoms with Crippen molar-refractivity contribution in [3.63, 3.8) is 0 Å². The maximum atomic E-state index is 5.89. The first kappa shape index (κ1) is 14.8. The third-order valence-corrected chi connectivity index (χ3v) is 3.83. The van der Waals surface area contributed by atoms with Gasteiger partial charge in [0.25, 0.3) is 0 Å². The highest BCUT2D eigenvalue weighted by Crippen LogP contribution is 2.15. The van der Waals surface area contributed by atoms with Crippen LogP contribution in [0.5, 0.6) is 0 Å². The average molecular weight is 283 g/mol. The van der Waals surface area contributed by atoms with Gasteiger partial charge in [-0.3, -0.25) is 4.90 Å². The van der Waals surface area contributed by atoms with Crippen molar-refractivity contribution in [1.29, 1.82) is 0 Å². The highest BCUT2D eigenvalue weighted by molar-refractivity contribution is 6.30. The van der Waals surface area contributed by atoms with Crippen molar-refractivity contribution in [1.82, 2.24) is 10.2 Å². The van der Waals surface area contributed by atoms with Crippen molar-refractivity contribution in [3.8, 4) is 0 Å². The molecule has 0 aromatic heterocycles. The average Bonchev–Trinajstić information content (AvgIpc) is 2.45. The molecule has 19 heavy (non-hydrogen) atoms. The molecule has 1 heterocycles. The van der Waals surface area contributed by atoms with E-state index in [4.69, 9.17) is 16.3 Å². The Balaban J connectivity index is 1.63. The maximum Gasteiger partial charge on any atom is 0.0594 e. The molecule has 106 valence electrons. The lowest BCUT2D eigenvalue weighted by atomic mass is 10.1.